The molecule has 2 aromatic rings. The predicted octanol–water partition coefficient (Wildman–Crippen LogP) is 1.48. The van der Waals surface area contributed by atoms with Crippen LogP contribution in [0.15, 0.2) is 40.1 Å². The van der Waals surface area contributed by atoms with Gasteiger partial charge >= 0.3 is 0 Å². The molecule has 0 saturated carbocycles. The SMILES string of the molecule is [O]c1c(S(=O)(=O)O)c(S(=O)(=O)O)cc2ccccc12. The molecule has 0 heterocycles. The summed E-state index contributed by atoms with van der Waals surface area (Å²) in [6.45, 7) is 0. The van der Waals surface area contributed by atoms with Crippen molar-refractivity contribution in [2.24, 2.45) is 0 Å². The van der Waals surface area contributed by atoms with E-state index < -0.39 is 35.8 Å². The summed E-state index contributed by atoms with van der Waals surface area (Å²) in [4.78, 5) is -2.49. The molecule has 0 fully saturated rings. The van der Waals surface area contributed by atoms with Gasteiger partial charge in [-0.15, -0.1) is 0 Å². The van der Waals surface area contributed by atoms with E-state index in [9.17, 15) is 21.9 Å². The first kappa shape index (κ1) is 13.7. The van der Waals surface area contributed by atoms with Crippen LogP contribution in [0.1, 0.15) is 0 Å². The van der Waals surface area contributed by atoms with Crippen LogP contribution in [0.4, 0.5) is 0 Å². The van der Waals surface area contributed by atoms with E-state index in [1.807, 2.05) is 0 Å². The van der Waals surface area contributed by atoms with E-state index in [-0.39, 0.29) is 10.8 Å². The molecule has 2 N–H and O–H groups in total. The summed E-state index contributed by atoms with van der Waals surface area (Å²) in [5.41, 5.74) is 0. The van der Waals surface area contributed by atoms with Crippen LogP contribution < -0.4 is 0 Å². The van der Waals surface area contributed by atoms with Gasteiger partial charge in [-0.1, -0.05) is 24.3 Å². The topological polar surface area (TPSA) is 129 Å². The fourth-order valence-electron chi connectivity index (χ4n) is 1.71. The molecular weight excluding hydrogens is 296 g/mol. The van der Waals surface area contributed by atoms with Crippen LogP contribution in [0.25, 0.3) is 10.8 Å². The molecule has 0 unspecified atom stereocenters. The number of hydrogen-bond acceptors (Lipinski definition) is 4. The second-order valence-electron chi connectivity index (χ2n) is 3.70. The van der Waals surface area contributed by atoms with Gasteiger partial charge in [-0.2, -0.15) is 16.8 Å². The fraction of sp³-hybridized carbons (Fsp3) is 0. The summed E-state index contributed by atoms with van der Waals surface area (Å²) in [5.74, 6) is -1.19. The third kappa shape index (κ3) is 2.40. The normalized spacial score (nSPS) is 12.7. The molecule has 0 saturated heterocycles. The van der Waals surface area contributed by atoms with Gasteiger partial charge in [-0.25, -0.2) is 0 Å². The Morgan fingerprint density at radius 2 is 1.47 bits per heavy atom. The smallest absolute Gasteiger partial charge is 0.288 e. The first-order valence-electron chi connectivity index (χ1n) is 4.80. The lowest BCUT2D eigenvalue weighted by Crippen LogP contribution is -2.08. The van der Waals surface area contributed by atoms with Crippen LogP contribution >= 0.6 is 0 Å². The Hall–Kier alpha value is -1.68. The number of hydrogen-bond donors (Lipinski definition) is 2. The Labute approximate surface area is 108 Å². The summed E-state index contributed by atoms with van der Waals surface area (Å²) < 4.78 is 62.5. The highest BCUT2D eigenvalue weighted by Gasteiger charge is 2.30. The van der Waals surface area contributed by atoms with Gasteiger partial charge in [0.2, 0.25) is 5.75 Å². The third-order valence-electron chi connectivity index (χ3n) is 2.46. The number of benzene rings is 2. The zero-order valence-corrected chi connectivity index (χ0v) is 10.8. The molecule has 0 amide bonds. The molecule has 2 rings (SSSR count). The minimum atomic E-state index is -5.09. The molecule has 101 valence electrons. The fourth-order valence-corrected chi connectivity index (χ4v) is 3.60. The molecule has 9 heteroatoms. The summed E-state index contributed by atoms with van der Waals surface area (Å²) in [7, 11) is -10.1. The average molecular weight is 303 g/mol. The summed E-state index contributed by atoms with van der Waals surface area (Å²) in [6.07, 6.45) is 0. The number of fused-ring (bicyclic) bond motifs is 1. The highest BCUT2D eigenvalue weighted by atomic mass is 32.2. The second-order valence-corrected chi connectivity index (χ2v) is 6.45. The van der Waals surface area contributed by atoms with Crippen LogP contribution in [0.3, 0.4) is 0 Å². The first-order valence-corrected chi connectivity index (χ1v) is 7.68. The van der Waals surface area contributed by atoms with Crippen LogP contribution in [0.5, 0.6) is 5.75 Å². The van der Waals surface area contributed by atoms with Gasteiger partial charge in [0.1, 0.15) is 4.90 Å². The largest absolute Gasteiger partial charge is 0.299 e. The summed E-state index contributed by atoms with van der Waals surface area (Å²) >= 11 is 0. The summed E-state index contributed by atoms with van der Waals surface area (Å²) in [5, 5.41) is 12.0. The van der Waals surface area contributed by atoms with E-state index in [1.165, 1.54) is 24.3 Å². The maximum absolute atomic E-state index is 11.9. The predicted molar refractivity (Wildman–Crippen MR) is 63.7 cm³/mol. The maximum atomic E-state index is 11.9. The van der Waals surface area contributed by atoms with Crippen molar-refractivity contribution in [2.45, 2.75) is 9.79 Å². The minimum absolute atomic E-state index is 0.0810. The summed E-state index contributed by atoms with van der Waals surface area (Å²) in [6, 6.07) is 6.42. The van der Waals surface area contributed by atoms with Gasteiger partial charge in [0.15, 0.2) is 4.90 Å². The van der Waals surface area contributed by atoms with Gasteiger partial charge in [0.25, 0.3) is 20.2 Å². The molecule has 1 radical (unpaired) electrons. The zero-order valence-electron chi connectivity index (χ0n) is 9.14. The molecule has 0 aliphatic heterocycles. The molecule has 0 aromatic heterocycles. The van der Waals surface area contributed by atoms with Gasteiger partial charge in [0, 0.05) is 5.39 Å². The monoisotopic (exact) mass is 303 g/mol. The van der Waals surface area contributed by atoms with Gasteiger partial charge in [-0.05, 0) is 11.5 Å². The first-order chi connectivity index (χ1) is 8.62. The van der Waals surface area contributed by atoms with Crippen molar-refractivity contribution >= 4 is 31.0 Å². The van der Waals surface area contributed by atoms with Crippen LogP contribution in [0.2, 0.25) is 0 Å². The lowest BCUT2D eigenvalue weighted by Gasteiger charge is -2.08. The molecule has 2 aromatic carbocycles. The van der Waals surface area contributed by atoms with Crippen molar-refractivity contribution in [1.29, 1.82) is 0 Å². The van der Waals surface area contributed by atoms with Crippen LogP contribution in [-0.4, -0.2) is 25.9 Å². The van der Waals surface area contributed by atoms with Crippen molar-refractivity contribution in [1.82, 2.24) is 0 Å². The lowest BCUT2D eigenvalue weighted by atomic mass is 10.1. The standard InChI is InChI=1S/C10H7O7S2/c11-9-7-4-2-1-3-6(7)5-8(18(12,13)14)10(9)19(15,16)17/h1-5H,(H,12,13,14)(H,15,16,17). The Morgan fingerprint density at radius 1 is 0.895 bits per heavy atom. The van der Waals surface area contributed by atoms with E-state index in [0.717, 1.165) is 6.07 Å². The lowest BCUT2D eigenvalue weighted by molar-refractivity contribution is 0.342. The van der Waals surface area contributed by atoms with Gasteiger partial charge in [0.05, 0.1) is 0 Å². The van der Waals surface area contributed by atoms with E-state index in [1.54, 1.807) is 0 Å². The molecule has 7 nitrogen and oxygen atoms in total. The Bertz CT molecular complexity index is 866. The van der Waals surface area contributed by atoms with Gasteiger partial charge in [-0.3, -0.25) is 14.2 Å². The van der Waals surface area contributed by atoms with E-state index in [0.29, 0.717) is 0 Å². The molecule has 0 atom stereocenters. The van der Waals surface area contributed by atoms with Crippen molar-refractivity contribution in [3.8, 4) is 5.75 Å². The van der Waals surface area contributed by atoms with Crippen molar-refractivity contribution in [2.75, 3.05) is 0 Å². The molecule has 0 spiro atoms. The van der Waals surface area contributed by atoms with E-state index >= 15 is 0 Å². The quantitative estimate of drug-likeness (QED) is 0.808. The Morgan fingerprint density at radius 3 is 2.00 bits per heavy atom. The van der Waals surface area contributed by atoms with E-state index in [4.69, 9.17) is 9.11 Å². The highest BCUT2D eigenvalue weighted by Crippen LogP contribution is 2.37. The average Bonchev–Trinajstić information content (AvgIpc) is 2.26. The van der Waals surface area contributed by atoms with Gasteiger partial charge < -0.3 is 0 Å². The van der Waals surface area contributed by atoms with Crippen LogP contribution in [0, 0.1) is 0 Å². The van der Waals surface area contributed by atoms with Crippen LogP contribution in [-0.2, 0) is 25.3 Å². The minimum Gasteiger partial charge on any atom is -0.288 e. The van der Waals surface area contributed by atoms with E-state index in [2.05, 4.69) is 0 Å². The van der Waals surface area contributed by atoms with Crippen molar-refractivity contribution in [3.05, 3.63) is 30.3 Å². The van der Waals surface area contributed by atoms with Crippen molar-refractivity contribution < 1.29 is 31.0 Å². The Balaban J connectivity index is 3.11. The molecular formula is C10H7O7S2. The molecule has 19 heavy (non-hydrogen) atoms. The molecule has 0 aliphatic carbocycles. The Kier molecular flexibility index (Phi) is 3.01. The number of rotatable bonds is 2. The maximum Gasteiger partial charge on any atom is 0.299 e. The second kappa shape index (κ2) is 4.17. The molecule has 0 aliphatic rings. The van der Waals surface area contributed by atoms with Crippen molar-refractivity contribution in [3.63, 3.8) is 0 Å². The zero-order chi connectivity index (χ0) is 14.4. The third-order valence-corrected chi connectivity index (χ3v) is 4.39. The molecule has 0 bridgehead atoms. The highest BCUT2D eigenvalue weighted by molar-refractivity contribution is 7.89.